The molecule has 0 saturated carbocycles. The number of carbonyl (C=O) groups is 6. The van der Waals surface area contributed by atoms with Crippen LogP contribution in [0, 0.1) is 0 Å². The molecular formula is C34H41BrNO15P. The first-order valence-corrected chi connectivity index (χ1v) is 17.8. The maximum absolute atomic E-state index is 14.0. The van der Waals surface area contributed by atoms with Crippen LogP contribution >= 0.6 is 24.5 Å². The number of hydrogen-bond donors (Lipinski definition) is 1. The molecule has 0 spiro atoms. The number of ether oxygens (including phenoxy) is 6. The van der Waals surface area contributed by atoms with Gasteiger partial charge in [-0.1, -0.05) is 76.6 Å². The second-order valence-electron chi connectivity index (χ2n) is 11.3. The molecule has 1 aliphatic heterocycles. The Balaban J connectivity index is 2.22. The Morgan fingerprint density at radius 3 is 1.79 bits per heavy atom. The van der Waals surface area contributed by atoms with E-state index in [0.29, 0.717) is 0 Å². The number of esters is 5. The lowest BCUT2D eigenvalue weighted by Gasteiger charge is -2.51. The molecule has 7 atom stereocenters. The third-order valence-electron chi connectivity index (χ3n) is 7.14. The zero-order chi connectivity index (χ0) is 38.4. The summed E-state index contributed by atoms with van der Waals surface area (Å²) < 4.78 is 51.9. The lowest BCUT2D eigenvalue weighted by Crippen LogP contribution is -2.73. The molecule has 2 aromatic carbocycles. The zero-order valence-corrected chi connectivity index (χ0v) is 31.8. The number of hydrogen-bond acceptors (Lipinski definition) is 15. The SMILES string of the molecule is COC(=O)[C@@]1(OP(OCc2ccccc2)OCc2ccccc2)O[C@@H]([C@H](OC(C)=O)[C@@H](COC(C)=O)OC(C)=O)[C@H](NC(C)=O)[C@@H](OC(C)=O)C1Br. The maximum atomic E-state index is 14.0. The van der Waals surface area contributed by atoms with Crippen molar-refractivity contribution in [3.63, 3.8) is 0 Å². The molecule has 0 aliphatic carbocycles. The first-order valence-electron chi connectivity index (χ1n) is 15.8. The highest BCUT2D eigenvalue weighted by atomic mass is 79.9. The van der Waals surface area contributed by atoms with Gasteiger partial charge in [-0.25, -0.2) is 4.79 Å². The molecule has 1 amide bonds. The van der Waals surface area contributed by atoms with Crippen molar-refractivity contribution < 1.29 is 70.8 Å². The molecule has 1 fully saturated rings. The van der Waals surface area contributed by atoms with Gasteiger partial charge in [-0.05, 0) is 11.1 Å². The standard InChI is InChI=1S/C34H41BrNO15P/c1-20(37)36-28-30(29(48-23(4)40)27(47-22(3)39)19-44-21(2)38)50-34(33(42)43-6,32(35)31(28)49-24(5)41)51-52(45-17-25-13-9-7-10-14-25)46-18-26-15-11-8-12-16-26/h7-16,27-32H,17-19H2,1-6H3,(H,36,37)/t27-,28+,29-,30-,31-,32?,34-/m1/s1. The Morgan fingerprint density at radius 2 is 1.35 bits per heavy atom. The summed E-state index contributed by atoms with van der Waals surface area (Å²) >= 11 is 3.41. The second-order valence-corrected chi connectivity index (χ2v) is 13.4. The molecule has 284 valence electrons. The van der Waals surface area contributed by atoms with E-state index in [1.807, 2.05) is 12.1 Å². The van der Waals surface area contributed by atoms with Crippen LogP contribution in [-0.2, 0) is 84.0 Å². The van der Waals surface area contributed by atoms with Crippen LogP contribution in [0.3, 0.4) is 0 Å². The number of methoxy groups -OCH3 is 1. The van der Waals surface area contributed by atoms with E-state index >= 15 is 0 Å². The summed E-state index contributed by atoms with van der Waals surface area (Å²) in [7, 11) is -1.52. The van der Waals surface area contributed by atoms with E-state index in [1.165, 1.54) is 0 Å². The summed E-state index contributed by atoms with van der Waals surface area (Å²) in [6.45, 7) is 4.66. The van der Waals surface area contributed by atoms with E-state index in [2.05, 4.69) is 21.2 Å². The number of rotatable bonds is 17. The highest BCUT2D eigenvalue weighted by Crippen LogP contribution is 2.52. The fourth-order valence-corrected chi connectivity index (χ4v) is 7.20. The molecular weight excluding hydrogens is 773 g/mol. The van der Waals surface area contributed by atoms with Gasteiger partial charge in [0, 0.05) is 34.6 Å². The van der Waals surface area contributed by atoms with Gasteiger partial charge in [0.05, 0.1) is 26.4 Å². The molecule has 52 heavy (non-hydrogen) atoms. The van der Waals surface area contributed by atoms with Crippen LogP contribution in [0.4, 0.5) is 0 Å². The van der Waals surface area contributed by atoms with Gasteiger partial charge >= 0.3 is 38.4 Å². The number of benzene rings is 2. The normalized spacial score (nSPS) is 22.3. The molecule has 1 saturated heterocycles. The molecule has 0 radical (unpaired) electrons. The van der Waals surface area contributed by atoms with Crippen LogP contribution in [-0.4, -0.2) is 90.5 Å². The quantitative estimate of drug-likeness (QED) is 0.105. The third kappa shape index (κ3) is 12.3. The van der Waals surface area contributed by atoms with Gasteiger partial charge in [-0.15, -0.1) is 0 Å². The largest absolute Gasteiger partial charge is 0.465 e. The molecule has 16 nitrogen and oxygen atoms in total. The molecule has 1 heterocycles. The number of nitrogens with one attached hydrogen (secondary N) is 1. The van der Waals surface area contributed by atoms with E-state index in [9.17, 15) is 28.8 Å². The molecule has 1 aliphatic rings. The van der Waals surface area contributed by atoms with Gasteiger partial charge in [-0.2, -0.15) is 0 Å². The number of alkyl halides is 1. The summed E-state index contributed by atoms with van der Waals surface area (Å²) in [6.07, 6.45) is -6.61. The first kappa shape index (κ1) is 42.4. The van der Waals surface area contributed by atoms with E-state index in [4.69, 9.17) is 42.0 Å². The zero-order valence-electron chi connectivity index (χ0n) is 29.3. The van der Waals surface area contributed by atoms with E-state index in [1.54, 1.807) is 48.5 Å². The van der Waals surface area contributed by atoms with E-state index in [-0.39, 0.29) is 13.2 Å². The van der Waals surface area contributed by atoms with Crippen LogP contribution in [0.2, 0.25) is 0 Å². The lowest BCUT2D eigenvalue weighted by atomic mass is 9.88. The van der Waals surface area contributed by atoms with Crippen molar-refractivity contribution in [1.29, 1.82) is 0 Å². The number of halogens is 1. The van der Waals surface area contributed by atoms with Crippen LogP contribution in [0.5, 0.6) is 0 Å². The monoisotopic (exact) mass is 813 g/mol. The molecule has 0 aromatic heterocycles. The van der Waals surface area contributed by atoms with E-state index < -0.39 is 92.0 Å². The van der Waals surface area contributed by atoms with E-state index in [0.717, 1.165) is 52.9 Å². The summed E-state index contributed by atoms with van der Waals surface area (Å²) in [4.78, 5) is 74.4. The predicted octanol–water partition coefficient (Wildman–Crippen LogP) is 3.56. The predicted molar refractivity (Wildman–Crippen MR) is 184 cm³/mol. The minimum atomic E-state index is -2.64. The second kappa shape index (κ2) is 20.3. The van der Waals surface area contributed by atoms with Gasteiger partial charge in [0.1, 0.15) is 23.6 Å². The topological polar surface area (TPSA) is 198 Å². The summed E-state index contributed by atoms with van der Waals surface area (Å²) in [5.41, 5.74) is 1.44. The molecule has 2 aromatic rings. The molecule has 18 heteroatoms. The first-order chi connectivity index (χ1) is 24.7. The van der Waals surface area contributed by atoms with Crippen molar-refractivity contribution in [2.24, 2.45) is 0 Å². The van der Waals surface area contributed by atoms with Crippen molar-refractivity contribution in [2.45, 2.75) is 88.9 Å². The Labute approximate surface area is 310 Å². The van der Waals surface area contributed by atoms with Crippen LogP contribution < -0.4 is 5.32 Å². The molecule has 0 bridgehead atoms. The Kier molecular flexibility index (Phi) is 16.6. The van der Waals surface area contributed by atoms with Gasteiger partial charge in [0.25, 0.3) is 5.79 Å². The summed E-state index contributed by atoms with van der Waals surface area (Å²) in [5, 5.41) is 2.61. The van der Waals surface area contributed by atoms with Gasteiger partial charge in [0.2, 0.25) is 5.91 Å². The lowest BCUT2D eigenvalue weighted by molar-refractivity contribution is -0.287. The molecule has 1 unspecified atom stereocenters. The minimum absolute atomic E-state index is 0.0517. The maximum Gasteiger partial charge on any atom is 0.368 e. The highest BCUT2D eigenvalue weighted by Gasteiger charge is 2.65. The Morgan fingerprint density at radius 1 is 0.808 bits per heavy atom. The highest BCUT2D eigenvalue weighted by molar-refractivity contribution is 9.09. The van der Waals surface area contributed by atoms with Crippen molar-refractivity contribution in [3.8, 4) is 0 Å². The Hall–Kier alpha value is -3.99. The van der Waals surface area contributed by atoms with Gasteiger partial charge < -0.3 is 42.8 Å². The third-order valence-corrected chi connectivity index (χ3v) is 9.37. The smallest absolute Gasteiger partial charge is 0.368 e. The van der Waals surface area contributed by atoms with Crippen molar-refractivity contribution in [3.05, 3.63) is 71.8 Å². The fraction of sp³-hybridized carbons (Fsp3) is 0.471. The van der Waals surface area contributed by atoms with Gasteiger partial charge in [0.15, 0.2) is 12.2 Å². The number of carbonyl (C=O) groups excluding carboxylic acids is 6. The Bertz CT molecular complexity index is 1490. The summed E-state index contributed by atoms with van der Waals surface area (Å²) in [6, 6.07) is 16.5. The van der Waals surface area contributed by atoms with Crippen LogP contribution in [0.25, 0.3) is 0 Å². The molecule has 1 N–H and O–H groups in total. The molecule has 3 rings (SSSR count). The minimum Gasteiger partial charge on any atom is -0.465 e. The number of amides is 1. The average molecular weight is 815 g/mol. The van der Waals surface area contributed by atoms with Crippen molar-refractivity contribution in [2.75, 3.05) is 13.7 Å². The van der Waals surface area contributed by atoms with Crippen molar-refractivity contribution in [1.82, 2.24) is 5.32 Å². The van der Waals surface area contributed by atoms with Crippen LogP contribution in [0.15, 0.2) is 60.7 Å². The fourth-order valence-electron chi connectivity index (χ4n) is 5.09. The van der Waals surface area contributed by atoms with Gasteiger partial charge in [-0.3, -0.25) is 28.5 Å². The summed E-state index contributed by atoms with van der Waals surface area (Å²) in [5.74, 6) is -7.93. The van der Waals surface area contributed by atoms with Crippen LogP contribution in [0.1, 0.15) is 45.7 Å². The average Bonchev–Trinajstić information content (AvgIpc) is 3.09. The van der Waals surface area contributed by atoms with Crippen molar-refractivity contribution >= 4 is 60.3 Å².